The predicted molar refractivity (Wildman–Crippen MR) is 125 cm³/mol. The van der Waals surface area contributed by atoms with Crippen LogP contribution in [-0.4, -0.2) is 24.3 Å². The second kappa shape index (κ2) is 11.3. The highest BCUT2D eigenvalue weighted by atomic mass is 35.5. The van der Waals surface area contributed by atoms with E-state index in [1.165, 1.54) is 11.3 Å². The molecule has 0 bridgehead atoms. The summed E-state index contributed by atoms with van der Waals surface area (Å²) in [6.07, 6.45) is 0.684. The molecule has 2 aromatic carbocycles. The molecule has 3 N–H and O–H groups in total. The van der Waals surface area contributed by atoms with Crippen molar-refractivity contribution in [2.75, 3.05) is 11.9 Å². The van der Waals surface area contributed by atoms with Gasteiger partial charge in [-0.05, 0) is 72.8 Å². The van der Waals surface area contributed by atoms with Crippen molar-refractivity contribution >= 4 is 46.3 Å². The number of hydrogen-bond acceptors (Lipinski definition) is 5. The highest BCUT2D eigenvalue weighted by Gasteiger charge is 2.10. The summed E-state index contributed by atoms with van der Waals surface area (Å²) in [5, 5.41) is 5.22. The summed E-state index contributed by atoms with van der Waals surface area (Å²) in [5.41, 5.74) is 6.60. The maximum Gasteiger partial charge on any atom is 0.269 e. The van der Waals surface area contributed by atoms with Crippen molar-refractivity contribution < 1.29 is 19.1 Å². The van der Waals surface area contributed by atoms with E-state index in [2.05, 4.69) is 16.2 Å². The van der Waals surface area contributed by atoms with E-state index >= 15 is 0 Å². The third kappa shape index (κ3) is 6.83. The molecule has 9 heteroatoms. The van der Waals surface area contributed by atoms with Gasteiger partial charge in [-0.2, -0.15) is 0 Å². The van der Waals surface area contributed by atoms with Crippen LogP contribution in [0.4, 0.5) is 5.69 Å². The molecule has 166 valence electrons. The molecule has 0 aliphatic rings. The molecular formula is C23H22ClN3O4S. The van der Waals surface area contributed by atoms with Crippen LogP contribution in [0.25, 0.3) is 0 Å². The van der Waals surface area contributed by atoms with Crippen molar-refractivity contribution in [2.45, 2.75) is 19.8 Å². The van der Waals surface area contributed by atoms with Gasteiger partial charge in [0, 0.05) is 22.7 Å². The molecule has 3 amide bonds. The van der Waals surface area contributed by atoms with E-state index in [-0.39, 0.29) is 18.2 Å². The van der Waals surface area contributed by atoms with Crippen molar-refractivity contribution in [1.82, 2.24) is 10.9 Å². The fraction of sp³-hybridized carbons (Fsp3) is 0.174. The van der Waals surface area contributed by atoms with Crippen LogP contribution in [0.2, 0.25) is 5.02 Å². The minimum Gasteiger partial charge on any atom is -0.493 e. The first-order valence-electron chi connectivity index (χ1n) is 9.85. The summed E-state index contributed by atoms with van der Waals surface area (Å²) >= 11 is 7.26. The zero-order chi connectivity index (χ0) is 22.9. The van der Waals surface area contributed by atoms with Crippen LogP contribution >= 0.6 is 22.9 Å². The monoisotopic (exact) mass is 471 g/mol. The van der Waals surface area contributed by atoms with Gasteiger partial charge in [0.05, 0.1) is 11.5 Å². The molecule has 3 aromatic rings. The van der Waals surface area contributed by atoms with Gasteiger partial charge in [0.2, 0.25) is 5.91 Å². The summed E-state index contributed by atoms with van der Waals surface area (Å²) in [5.74, 6) is -0.269. The van der Waals surface area contributed by atoms with Crippen LogP contribution in [-0.2, 0) is 4.79 Å². The van der Waals surface area contributed by atoms with Crippen molar-refractivity contribution in [3.8, 4) is 5.75 Å². The largest absolute Gasteiger partial charge is 0.493 e. The second-order valence-corrected chi connectivity index (χ2v) is 8.26. The van der Waals surface area contributed by atoms with Crippen LogP contribution in [0.1, 0.15) is 38.4 Å². The predicted octanol–water partition coefficient (Wildman–Crippen LogP) is 4.58. The minimum absolute atomic E-state index is 0.195. The molecule has 0 saturated carbocycles. The van der Waals surface area contributed by atoms with Crippen LogP contribution in [0, 0.1) is 6.92 Å². The topological polar surface area (TPSA) is 96.5 Å². The third-order valence-corrected chi connectivity index (χ3v) is 5.51. The number of nitrogens with one attached hydrogen (secondary N) is 3. The number of ether oxygens (including phenoxy) is 1. The molecule has 0 spiro atoms. The molecule has 0 unspecified atom stereocenters. The zero-order valence-electron chi connectivity index (χ0n) is 17.3. The molecule has 1 heterocycles. The quantitative estimate of drug-likeness (QED) is 0.331. The van der Waals surface area contributed by atoms with Gasteiger partial charge in [-0.1, -0.05) is 17.7 Å². The Morgan fingerprint density at radius 2 is 1.78 bits per heavy atom. The lowest BCUT2D eigenvalue weighted by atomic mass is 10.2. The number of carbonyl (C=O) groups is 3. The maximum absolute atomic E-state index is 12.2. The van der Waals surface area contributed by atoms with Crippen molar-refractivity contribution in [3.63, 3.8) is 0 Å². The summed E-state index contributed by atoms with van der Waals surface area (Å²) < 4.78 is 5.64. The van der Waals surface area contributed by atoms with Crippen molar-refractivity contribution in [2.24, 2.45) is 0 Å². The van der Waals surface area contributed by atoms with E-state index < -0.39 is 5.91 Å². The Labute approximate surface area is 194 Å². The van der Waals surface area contributed by atoms with E-state index in [1.807, 2.05) is 18.4 Å². The fourth-order valence-corrected chi connectivity index (χ4v) is 3.60. The van der Waals surface area contributed by atoms with E-state index in [1.54, 1.807) is 48.5 Å². The molecule has 0 fully saturated rings. The molecule has 0 aliphatic carbocycles. The summed E-state index contributed by atoms with van der Waals surface area (Å²) in [6.45, 7) is 2.26. The van der Waals surface area contributed by atoms with Crippen LogP contribution in [0.3, 0.4) is 0 Å². The highest BCUT2D eigenvalue weighted by molar-refractivity contribution is 7.12. The number of benzene rings is 2. The van der Waals surface area contributed by atoms with E-state index in [9.17, 15) is 14.4 Å². The van der Waals surface area contributed by atoms with Crippen LogP contribution in [0.15, 0.2) is 60.0 Å². The van der Waals surface area contributed by atoms with Crippen molar-refractivity contribution in [1.29, 1.82) is 0 Å². The number of hydrazine groups is 1. The van der Waals surface area contributed by atoms with E-state index in [0.717, 1.165) is 11.3 Å². The minimum atomic E-state index is -0.456. The molecule has 32 heavy (non-hydrogen) atoms. The number of halogens is 1. The number of carbonyl (C=O) groups excluding carboxylic acids is 3. The van der Waals surface area contributed by atoms with Gasteiger partial charge in [0.15, 0.2) is 0 Å². The smallest absolute Gasteiger partial charge is 0.269 e. The first-order valence-corrected chi connectivity index (χ1v) is 11.1. The normalized spacial score (nSPS) is 10.3. The Hall–Kier alpha value is -3.36. The van der Waals surface area contributed by atoms with Crippen LogP contribution in [0.5, 0.6) is 5.75 Å². The number of rotatable bonds is 8. The first kappa shape index (κ1) is 23.3. The number of anilines is 1. The lowest BCUT2D eigenvalue weighted by Gasteiger charge is -2.10. The molecule has 7 nitrogen and oxygen atoms in total. The van der Waals surface area contributed by atoms with Gasteiger partial charge in [0.25, 0.3) is 11.8 Å². The summed E-state index contributed by atoms with van der Waals surface area (Å²) in [7, 11) is 0. The van der Waals surface area contributed by atoms with Crippen LogP contribution < -0.4 is 20.9 Å². The number of hydrogen-bond donors (Lipinski definition) is 3. The average molecular weight is 472 g/mol. The van der Waals surface area contributed by atoms with Gasteiger partial charge in [-0.25, -0.2) is 0 Å². The molecule has 0 atom stereocenters. The summed E-state index contributed by atoms with van der Waals surface area (Å²) in [4.78, 5) is 36.8. The lowest BCUT2D eigenvalue weighted by molar-refractivity contribution is -0.122. The molecular weight excluding hydrogens is 450 g/mol. The molecule has 1 aromatic heterocycles. The Bertz CT molecular complexity index is 1090. The van der Waals surface area contributed by atoms with Gasteiger partial charge in [-0.15, -0.1) is 11.3 Å². The SMILES string of the molecule is Cc1cc(Cl)ccc1OCCCC(=O)NNC(=O)c1ccc(NC(=O)c2cccs2)cc1. The van der Waals surface area contributed by atoms with Gasteiger partial charge >= 0.3 is 0 Å². The Balaban J connectivity index is 1.37. The highest BCUT2D eigenvalue weighted by Crippen LogP contribution is 2.22. The Kier molecular flexibility index (Phi) is 8.24. The Morgan fingerprint density at radius 1 is 1.00 bits per heavy atom. The lowest BCUT2D eigenvalue weighted by Crippen LogP contribution is -2.41. The standard InChI is InChI=1S/C23H22ClN3O4S/c1-15-14-17(24)8-11-19(15)31-12-2-5-21(28)26-27-22(29)16-6-9-18(10-7-16)25-23(30)20-4-3-13-32-20/h3-4,6-11,13-14H,2,5,12H2,1H3,(H,25,30)(H,26,28)(H,27,29). The Morgan fingerprint density at radius 3 is 2.47 bits per heavy atom. The number of amides is 3. The third-order valence-electron chi connectivity index (χ3n) is 4.41. The van der Waals surface area contributed by atoms with Gasteiger partial charge in [-0.3, -0.25) is 25.2 Å². The fourth-order valence-electron chi connectivity index (χ4n) is 2.76. The number of aryl methyl sites for hydroxylation is 1. The van der Waals surface area contributed by atoms with Gasteiger partial charge in [0.1, 0.15) is 5.75 Å². The van der Waals surface area contributed by atoms with Gasteiger partial charge < -0.3 is 10.1 Å². The average Bonchev–Trinajstić information content (AvgIpc) is 3.32. The second-order valence-electron chi connectivity index (χ2n) is 6.87. The number of thiophene rings is 1. The molecule has 0 aliphatic heterocycles. The van der Waals surface area contributed by atoms with Crippen molar-refractivity contribution in [3.05, 3.63) is 81.0 Å². The molecule has 0 saturated heterocycles. The van der Waals surface area contributed by atoms with E-state index in [4.69, 9.17) is 16.3 Å². The zero-order valence-corrected chi connectivity index (χ0v) is 18.9. The first-order chi connectivity index (χ1) is 15.4. The summed E-state index contributed by atoms with van der Waals surface area (Å²) in [6, 6.07) is 15.2. The maximum atomic E-state index is 12.2. The molecule has 0 radical (unpaired) electrons. The molecule has 3 rings (SSSR count). The van der Waals surface area contributed by atoms with E-state index in [0.29, 0.717) is 34.2 Å².